The van der Waals surface area contributed by atoms with Crippen molar-refractivity contribution in [1.82, 2.24) is 0 Å². The first-order valence-electron chi connectivity index (χ1n) is 7.05. The van der Waals surface area contributed by atoms with Gasteiger partial charge in [0.25, 0.3) is 0 Å². The first-order chi connectivity index (χ1) is 10.3. The average Bonchev–Trinajstić information content (AvgIpc) is 3.03. The number of allylic oxidation sites excluding steroid dienone is 5. The fourth-order valence-electron chi connectivity index (χ4n) is 2.36. The molecule has 0 radical (unpaired) electrons. The fraction of sp³-hybridized carbons (Fsp3) is 0.0500. The summed E-state index contributed by atoms with van der Waals surface area (Å²) in [6.07, 6.45) is 10.1. The highest BCUT2D eigenvalue weighted by Gasteiger charge is 2.18. The molecule has 0 spiro atoms. The second-order valence-corrected chi connectivity index (χ2v) is 5.03. The maximum Gasteiger partial charge on any atom is 0.173 e. The maximum atomic E-state index is 12.3. The van der Waals surface area contributed by atoms with E-state index in [2.05, 4.69) is 18.2 Å². The van der Waals surface area contributed by atoms with Crippen LogP contribution in [-0.4, -0.2) is 5.78 Å². The molecule has 0 aliphatic heterocycles. The summed E-state index contributed by atoms with van der Waals surface area (Å²) in [6, 6.07) is 19.6. The Kier molecular flexibility index (Phi) is 3.92. The first-order valence-corrected chi connectivity index (χ1v) is 7.05. The number of hydrogen-bond donors (Lipinski definition) is 0. The molecule has 0 N–H and O–H groups in total. The molecule has 1 aliphatic carbocycles. The summed E-state index contributed by atoms with van der Waals surface area (Å²) < 4.78 is 0. The minimum absolute atomic E-state index is 0.148. The van der Waals surface area contributed by atoms with Gasteiger partial charge in [-0.3, -0.25) is 4.79 Å². The highest BCUT2D eigenvalue weighted by atomic mass is 16.1. The van der Waals surface area contributed by atoms with Gasteiger partial charge in [-0.05, 0) is 11.1 Å². The van der Waals surface area contributed by atoms with Crippen LogP contribution >= 0.6 is 0 Å². The molecule has 1 aliphatic rings. The van der Waals surface area contributed by atoms with E-state index in [9.17, 15) is 4.79 Å². The van der Waals surface area contributed by atoms with E-state index >= 15 is 0 Å². The highest BCUT2D eigenvalue weighted by molar-refractivity contribution is 6.00. The molecule has 21 heavy (non-hydrogen) atoms. The molecule has 1 nitrogen and oxygen atoms in total. The number of carbonyl (C=O) groups excluding carboxylic acids is 1. The normalized spacial score (nSPS) is 17.1. The Morgan fingerprint density at radius 1 is 0.857 bits per heavy atom. The van der Waals surface area contributed by atoms with Crippen molar-refractivity contribution in [3.8, 4) is 0 Å². The third-order valence-electron chi connectivity index (χ3n) is 3.50. The second-order valence-electron chi connectivity index (χ2n) is 5.03. The predicted molar refractivity (Wildman–Crippen MR) is 87.0 cm³/mol. The van der Waals surface area contributed by atoms with Crippen molar-refractivity contribution in [2.45, 2.75) is 0 Å². The first kappa shape index (κ1) is 13.3. The summed E-state index contributed by atoms with van der Waals surface area (Å²) in [4.78, 5) is 12.3. The lowest BCUT2D eigenvalue weighted by Gasteiger charge is -2.03. The molecule has 1 atom stereocenters. The van der Waals surface area contributed by atoms with Crippen LogP contribution in [0, 0.1) is 5.92 Å². The molecule has 0 aromatic heterocycles. The molecular formula is C20H16O. The third kappa shape index (κ3) is 3.26. The highest BCUT2D eigenvalue weighted by Crippen LogP contribution is 2.21. The van der Waals surface area contributed by atoms with E-state index in [0.717, 1.165) is 16.7 Å². The van der Waals surface area contributed by atoms with Crippen molar-refractivity contribution in [2.24, 2.45) is 5.92 Å². The maximum absolute atomic E-state index is 12.3. The minimum Gasteiger partial charge on any atom is -0.293 e. The van der Waals surface area contributed by atoms with Gasteiger partial charge in [-0.1, -0.05) is 91.0 Å². The summed E-state index contributed by atoms with van der Waals surface area (Å²) >= 11 is 0. The zero-order valence-electron chi connectivity index (χ0n) is 11.6. The van der Waals surface area contributed by atoms with Crippen LogP contribution in [0.15, 0.2) is 90.5 Å². The molecule has 3 rings (SSSR count). The van der Waals surface area contributed by atoms with Crippen LogP contribution in [0.1, 0.15) is 15.9 Å². The largest absolute Gasteiger partial charge is 0.293 e. The van der Waals surface area contributed by atoms with E-state index < -0.39 is 0 Å². The third-order valence-corrected chi connectivity index (χ3v) is 3.50. The van der Waals surface area contributed by atoms with Crippen LogP contribution in [0.3, 0.4) is 0 Å². The molecule has 102 valence electrons. The molecule has 2 aromatic rings. The summed E-state index contributed by atoms with van der Waals surface area (Å²) in [6.45, 7) is 0. The lowest BCUT2D eigenvalue weighted by molar-refractivity contribution is 0.0966. The molecule has 0 fully saturated rings. The zero-order valence-corrected chi connectivity index (χ0v) is 11.6. The van der Waals surface area contributed by atoms with Crippen LogP contribution in [-0.2, 0) is 0 Å². The average molecular weight is 272 g/mol. The topological polar surface area (TPSA) is 17.1 Å². The van der Waals surface area contributed by atoms with Crippen LogP contribution in [0.5, 0.6) is 0 Å². The minimum atomic E-state index is -0.150. The molecule has 0 amide bonds. The number of rotatable bonds is 4. The van der Waals surface area contributed by atoms with Crippen LogP contribution in [0.2, 0.25) is 0 Å². The van der Waals surface area contributed by atoms with Gasteiger partial charge in [0.15, 0.2) is 5.78 Å². The van der Waals surface area contributed by atoms with Crippen molar-refractivity contribution in [3.05, 3.63) is 102 Å². The van der Waals surface area contributed by atoms with E-state index in [4.69, 9.17) is 0 Å². The van der Waals surface area contributed by atoms with Gasteiger partial charge in [0.1, 0.15) is 0 Å². The molecular weight excluding hydrogens is 256 g/mol. The Hall–Kier alpha value is -2.67. The van der Waals surface area contributed by atoms with Gasteiger partial charge in [0.2, 0.25) is 0 Å². The number of carbonyl (C=O) groups is 1. The van der Waals surface area contributed by atoms with Gasteiger partial charge in [-0.25, -0.2) is 0 Å². The molecule has 2 aromatic carbocycles. The predicted octanol–water partition coefficient (Wildman–Crippen LogP) is 4.70. The molecule has 1 heteroatoms. The van der Waals surface area contributed by atoms with Crippen molar-refractivity contribution < 1.29 is 4.79 Å². The summed E-state index contributed by atoms with van der Waals surface area (Å²) in [5.41, 5.74) is 2.99. The van der Waals surface area contributed by atoms with Gasteiger partial charge in [0.05, 0.1) is 5.92 Å². The lowest BCUT2D eigenvalue weighted by Crippen LogP contribution is -2.08. The molecule has 0 saturated heterocycles. The van der Waals surface area contributed by atoms with Gasteiger partial charge >= 0.3 is 0 Å². The SMILES string of the molecule is O=C(c1ccccc1)[C@H]1C=CC(/C=C/c2ccccc2)=C1. The zero-order chi connectivity index (χ0) is 14.5. The van der Waals surface area contributed by atoms with E-state index in [1.54, 1.807) is 0 Å². The second kappa shape index (κ2) is 6.19. The quantitative estimate of drug-likeness (QED) is 0.738. The smallest absolute Gasteiger partial charge is 0.173 e. The van der Waals surface area contributed by atoms with E-state index in [1.165, 1.54) is 0 Å². The van der Waals surface area contributed by atoms with Crippen LogP contribution in [0.25, 0.3) is 6.08 Å². The van der Waals surface area contributed by atoms with Crippen molar-refractivity contribution in [3.63, 3.8) is 0 Å². The summed E-state index contributed by atoms with van der Waals surface area (Å²) in [7, 11) is 0. The molecule has 0 bridgehead atoms. The van der Waals surface area contributed by atoms with Gasteiger partial charge in [-0.2, -0.15) is 0 Å². The standard InChI is InChI=1S/C20H16O/c21-20(18-9-5-2-6-10-18)19-14-13-17(15-19)12-11-16-7-3-1-4-8-16/h1-15,19H/b12-11+/t19-/m0/s1. The van der Waals surface area contributed by atoms with E-state index in [1.807, 2.05) is 72.8 Å². The van der Waals surface area contributed by atoms with Crippen molar-refractivity contribution >= 4 is 11.9 Å². The Labute approximate surface area is 124 Å². The Morgan fingerprint density at radius 2 is 1.52 bits per heavy atom. The fourth-order valence-corrected chi connectivity index (χ4v) is 2.36. The van der Waals surface area contributed by atoms with Gasteiger partial charge in [-0.15, -0.1) is 0 Å². The summed E-state index contributed by atoms with van der Waals surface area (Å²) in [5, 5.41) is 0. The van der Waals surface area contributed by atoms with E-state index in [-0.39, 0.29) is 11.7 Å². The van der Waals surface area contributed by atoms with Gasteiger partial charge < -0.3 is 0 Å². The molecule has 0 saturated carbocycles. The molecule has 0 heterocycles. The number of benzene rings is 2. The monoisotopic (exact) mass is 272 g/mol. The Balaban J connectivity index is 1.72. The lowest BCUT2D eigenvalue weighted by atomic mass is 9.99. The molecule has 0 unspecified atom stereocenters. The van der Waals surface area contributed by atoms with Gasteiger partial charge in [0, 0.05) is 5.56 Å². The Bertz CT molecular complexity index is 706. The van der Waals surface area contributed by atoms with Crippen molar-refractivity contribution in [2.75, 3.05) is 0 Å². The van der Waals surface area contributed by atoms with Crippen LogP contribution in [0.4, 0.5) is 0 Å². The summed E-state index contributed by atoms with van der Waals surface area (Å²) in [5.74, 6) is -0.00205. The Morgan fingerprint density at radius 3 is 2.24 bits per heavy atom. The number of ketones is 1. The number of hydrogen-bond acceptors (Lipinski definition) is 1. The van der Waals surface area contributed by atoms with E-state index in [0.29, 0.717) is 0 Å². The van der Waals surface area contributed by atoms with Crippen molar-refractivity contribution in [1.29, 1.82) is 0 Å². The van der Waals surface area contributed by atoms with Crippen LogP contribution < -0.4 is 0 Å². The number of Topliss-reactive ketones (excluding diaryl/α,β-unsaturated/α-hetero) is 1.